The molecule has 0 bridgehead atoms. The first-order chi connectivity index (χ1) is 14.1. The molecule has 1 aliphatic rings. The minimum Gasteiger partial charge on any atom is -0.465 e. The van der Waals surface area contributed by atoms with E-state index in [9.17, 15) is 8.42 Å². The number of nitrogens with zero attached hydrogens (tertiary/aromatic N) is 2. The lowest BCUT2D eigenvalue weighted by Gasteiger charge is -2.24. The molecule has 3 aromatic rings. The average molecular weight is 407 g/mol. The number of ether oxygens (including phenoxy) is 1. The van der Waals surface area contributed by atoms with Gasteiger partial charge in [0.2, 0.25) is 0 Å². The summed E-state index contributed by atoms with van der Waals surface area (Å²) in [5.74, 6) is 0. The van der Waals surface area contributed by atoms with Crippen molar-refractivity contribution < 1.29 is 13.2 Å². The normalized spacial score (nSPS) is 14.0. The molecule has 0 radical (unpaired) electrons. The predicted octanol–water partition coefficient (Wildman–Crippen LogP) is 4.45. The Morgan fingerprint density at radius 2 is 1.38 bits per heavy atom. The molecule has 0 amide bonds. The lowest BCUT2D eigenvalue weighted by molar-refractivity contribution is 0.236. The van der Waals surface area contributed by atoms with Crippen LogP contribution in [-0.4, -0.2) is 25.9 Å². The van der Waals surface area contributed by atoms with Crippen molar-refractivity contribution in [2.75, 3.05) is 6.61 Å². The van der Waals surface area contributed by atoms with E-state index in [1.807, 2.05) is 36.1 Å². The highest BCUT2D eigenvalue weighted by Gasteiger charge is 2.24. The molecule has 1 aliphatic heterocycles. The molecule has 0 N–H and O–H groups in total. The van der Waals surface area contributed by atoms with Gasteiger partial charge in [-0.15, -0.1) is 4.40 Å². The van der Waals surface area contributed by atoms with Crippen LogP contribution in [0.3, 0.4) is 0 Å². The first-order valence-electron chi connectivity index (χ1n) is 9.52. The number of fused-ring (bicyclic) bond motifs is 3. The minimum atomic E-state index is -3.88. The van der Waals surface area contributed by atoms with E-state index in [4.69, 9.17) is 4.74 Å². The van der Waals surface area contributed by atoms with Crippen LogP contribution in [0.4, 0.5) is 0 Å². The van der Waals surface area contributed by atoms with Crippen molar-refractivity contribution in [1.29, 1.82) is 0 Å². The molecule has 5 nitrogen and oxygen atoms in total. The summed E-state index contributed by atoms with van der Waals surface area (Å²) >= 11 is 0. The van der Waals surface area contributed by atoms with Gasteiger partial charge in [-0.1, -0.05) is 66.7 Å². The second-order valence-electron chi connectivity index (χ2n) is 6.77. The van der Waals surface area contributed by atoms with Gasteiger partial charge in [0.1, 0.15) is 0 Å². The number of sulfonamides is 1. The summed E-state index contributed by atoms with van der Waals surface area (Å²) < 4.78 is 35.5. The molecule has 4 rings (SSSR count). The predicted molar refractivity (Wildman–Crippen MR) is 114 cm³/mol. The van der Waals surface area contributed by atoms with E-state index in [1.54, 1.807) is 18.2 Å². The van der Waals surface area contributed by atoms with E-state index in [0.29, 0.717) is 19.7 Å². The zero-order valence-corrected chi connectivity index (χ0v) is 17.0. The Morgan fingerprint density at radius 1 is 0.862 bits per heavy atom. The van der Waals surface area contributed by atoms with Crippen molar-refractivity contribution >= 4 is 16.0 Å². The second kappa shape index (κ2) is 8.09. The van der Waals surface area contributed by atoms with E-state index < -0.39 is 10.0 Å². The monoisotopic (exact) mass is 406 g/mol. The van der Waals surface area contributed by atoms with Crippen molar-refractivity contribution in [2.45, 2.75) is 24.9 Å². The van der Waals surface area contributed by atoms with Crippen LogP contribution < -0.4 is 0 Å². The quantitative estimate of drug-likeness (QED) is 0.476. The molecular formula is C23H22N2O3S. The molecule has 0 aromatic heterocycles. The molecule has 0 aliphatic carbocycles. The second-order valence-corrected chi connectivity index (χ2v) is 8.37. The van der Waals surface area contributed by atoms with Gasteiger partial charge in [0.15, 0.2) is 0 Å². The Balaban J connectivity index is 1.79. The molecule has 0 saturated heterocycles. The topological polar surface area (TPSA) is 59.0 Å². The molecule has 6 heteroatoms. The molecule has 0 atom stereocenters. The summed E-state index contributed by atoms with van der Waals surface area (Å²) in [4.78, 5) is 2.03. The fraction of sp³-hybridized carbons (Fsp3) is 0.174. The van der Waals surface area contributed by atoms with Gasteiger partial charge in [-0.25, -0.2) is 0 Å². The number of amidine groups is 1. The summed E-state index contributed by atoms with van der Waals surface area (Å²) in [6.45, 7) is 3.16. The molecule has 0 spiro atoms. The minimum absolute atomic E-state index is 0.114. The molecule has 0 fully saturated rings. The summed E-state index contributed by atoms with van der Waals surface area (Å²) in [6.07, 6.45) is 0. The van der Waals surface area contributed by atoms with Gasteiger partial charge in [0.25, 0.3) is 10.0 Å². The lowest BCUT2D eigenvalue weighted by Crippen LogP contribution is -2.32. The summed E-state index contributed by atoms with van der Waals surface area (Å²) in [6, 6.07) is 24.6. The Hall–Kier alpha value is -3.12. The fourth-order valence-electron chi connectivity index (χ4n) is 3.50. The highest BCUT2D eigenvalue weighted by atomic mass is 32.2. The maximum atomic E-state index is 12.8. The fourth-order valence-corrected chi connectivity index (χ4v) is 4.48. The largest absolute Gasteiger partial charge is 0.465 e. The van der Waals surface area contributed by atoms with Gasteiger partial charge < -0.3 is 9.64 Å². The van der Waals surface area contributed by atoms with Gasteiger partial charge in [0.05, 0.1) is 11.5 Å². The maximum absolute atomic E-state index is 12.8. The van der Waals surface area contributed by atoms with Gasteiger partial charge >= 0.3 is 6.02 Å². The highest BCUT2D eigenvalue weighted by Crippen LogP contribution is 2.32. The third-order valence-corrected chi connectivity index (χ3v) is 6.10. The van der Waals surface area contributed by atoms with Crippen molar-refractivity contribution in [1.82, 2.24) is 4.90 Å². The van der Waals surface area contributed by atoms with Crippen LogP contribution in [0.1, 0.15) is 18.1 Å². The Morgan fingerprint density at radius 3 is 1.93 bits per heavy atom. The lowest BCUT2D eigenvalue weighted by atomic mass is 9.97. The smallest absolute Gasteiger partial charge is 0.304 e. The highest BCUT2D eigenvalue weighted by molar-refractivity contribution is 7.90. The van der Waals surface area contributed by atoms with Crippen LogP contribution in [0.2, 0.25) is 0 Å². The summed E-state index contributed by atoms with van der Waals surface area (Å²) in [5, 5.41) is 0. The first-order valence-corrected chi connectivity index (χ1v) is 11.0. The van der Waals surface area contributed by atoms with Crippen molar-refractivity contribution in [2.24, 2.45) is 4.40 Å². The van der Waals surface area contributed by atoms with Crippen LogP contribution >= 0.6 is 0 Å². The van der Waals surface area contributed by atoms with E-state index in [0.717, 1.165) is 22.3 Å². The molecule has 29 heavy (non-hydrogen) atoms. The Bertz CT molecular complexity index is 1090. The molecule has 0 saturated carbocycles. The number of benzene rings is 3. The van der Waals surface area contributed by atoms with Crippen LogP contribution in [0.25, 0.3) is 11.1 Å². The van der Waals surface area contributed by atoms with E-state index >= 15 is 0 Å². The third kappa shape index (κ3) is 4.03. The first kappa shape index (κ1) is 19.2. The zero-order valence-electron chi connectivity index (χ0n) is 16.2. The van der Waals surface area contributed by atoms with E-state index in [1.165, 1.54) is 12.1 Å². The van der Waals surface area contributed by atoms with Gasteiger partial charge in [-0.2, -0.15) is 8.42 Å². The van der Waals surface area contributed by atoms with Crippen LogP contribution in [-0.2, 0) is 27.8 Å². The molecule has 1 heterocycles. The van der Waals surface area contributed by atoms with Crippen molar-refractivity contribution in [3.8, 4) is 11.1 Å². The molecule has 148 valence electrons. The molecule has 3 aromatic carbocycles. The average Bonchev–Trinajstić information content (AvgIpc) is 2.91. The SMILES string of the molecule is CCO/C(=N\S(=O)(=O)c1ccccc1)N1Cc2ccccc2-c2ccccc2C1. The van der Waals surface area contributed by atoms with Crippen molar-refractivity contribution in [3.63, 3.8) is 0 Å². The van der Waals surface area contributed by atoms with Crippen LogP contribution in [0, 0.1) is 0 Å². The van der Waals surface area contributed by atoms with Gasteiger partial charge in [-0.3, -0.25) is 0 Å². The number of hydrogen-bond acceptors (Lipinski definition) is 3. The number of hydrogen-bond donors (Lipinski definition) is 0. The van der Waals surface area contributed by atoms with E-state index in [-0.39, 0.29) is 10.9 Å². The van der Waals surface area contributed by atoms with Crippen LogP contribution in [0.15, 0.2) is 88.2 Å². The Labute approximate surface area is 171 Å². The van der Waals surface area contributed by atoms with E-state index in [2.05, 4.69) is 28.7 Å². The molecule has 0 unspecified atom stereocenters. The van der Waals surface area contributed by atoms with Gasteiger partial charge in [0, 0.05) is 13.1 Å². The maximum Gasteiger partial charge on any atom is 0.304 e. The zero-order chi connectivity index (χ0) is 20.3. The third-order valence-electron chi connectivity index (χ3n) is 4.83. The van der Waals surface area contributed by atoms with Crippen LogP contribution in [0.5, 0.6) is 0 Å². The Kier molecular flexibility index (Phi) is 5.36. The summed E-state index contributed by atoms with van der Waals surface area (Å²) in [5.41, 5.74) is 4.49. The van der Waals surface area contributed by atoms with Gasteiger partial charge in [-0.05, 0) is 41.3 Å². The standard InChI is InChI=1S/C23H22N2O3S/c1-2-28-23(24-29(26,27)20-12-4-3-5-13-20)25-16-18-10-6-8-14-21(18)22-15-9-7-11-19(22)17-25/h3-15H,2,16-17H2,1H3/b24-23-. The number of rotatable bonds is 3. The summed E-state index contributed by atoms with van der Waals surface area (Å²) in [7, 11) is -3.88. The van der Waals surface area contributed by atoms with Crippen molar-refractivity contribution in [3.05, 3.63) is 90.0 Å². The molecular weight excluding hydrogens is 384 g/mol.